The fourth-order valence-corrected chi connectivity index (χ4v) is 2.92. The van der Waals surface area contributed by atoms with Crippen molar-refractivity contribution in [1.29, 1.82) is 0 Å². The van der Waals surface area contributed by atoms with Crippen LogP contribution in [0, 0.1) is 5.92 Å². The zero-order valence-corrected chi connectivity index (χ0v) is 14.4. The molecule has 5 nitrogen and oxygen atoms in total. The molecule has 2 amide bonds. The predicted molar refractivity (Wildman–Crippen MR) is 92.6 cm³/mol. The molecule has 1 aromatic carbocycles. The lowest BCUT2D eigenvalue weighted by Gasteiger charge is -2.35. The highest BCUT2D eigenvalue weighted by Crippen LogP contribution is 2.26. The van der Waals surface area contributed by atoms with Gasteiger partial charge in [-0.2, -0.15) is 0 Å². The van der Waals surface area contributed by atoms with Crippen molar-refractivity contribution in [3.63, 3.8) is 0 Å². The first-order valence-electron chi connectivity index (χ1n) is 8.05. The Bertz CT molecular complexity index is 589. The van der Waals surface area contributed by atoms with Crippen LogP contribution in [-0.4, -0.2) is 35.8 Å². The molecule has 6 heteroatoms. The number of anilines is 1. The summed E-state index contributed by atoms with van der Waals surface area (Å²) < 4.78 is 0. The summed E-state index contributed by atoms with van der Waals surface area (Å²) in [5.41, 5.74) is 6.78. The monoisotopic (exact) mass is 337 g/mol. The fraction of sp³-hybridized carbons (Fsp3) is 0.529. The average molecular weight is 338 g/mol. The third kappa shape index (κ3) is 4.24. The van der Waals surface area contributed by atoms with Crippen molar-refractivity contribution < 1.29 is 9.59 Å². The molecule has 0 saturated carbocycles. The van der Waals surface area contributed by atoms with E-state index in [-0.39, 0.29) is 23.8 Å². The van der Waals surface area contributed by atoms with E-state index in [1.807, 2.05) is 13.8 Å². The Balaban J connectivity index is 2.23. The summed E-state index contributed by atoms with van der Waals surface area (Å²) in [6.45, 7) is 4.78. The second-order valence-corrected chi connectivity index (χ2v) is 6.63. The van der Waals surface area contributed by atoms with Gasteiger partial charge in [0.15, 0.2) is 0 Å². The van der Waals surface area contributed by atoms with Crippen LogP contribution in [-0.2, 0) is 4.79 Å². The van der Waals surface area contributed by atoms with Crippen LogP contribution in [0.15, 0.2) is 18.2 Å². The number of likely N-dealkylation sites (tertiary alicyclic amines) is 1. The zero-order chi connectivity index (χ0) is 17.0. The molecule has 23 heavy (non-hydrogen) atoms. The number of benzene rings is 1. The van der Waals surface area contributed by atoms with E-state index in [0.29, 0.717) is 29.4 Å². The highest BCUT2D eigenvalue weighted by atomic mass is 35.5. The predicted octanol–water partition coefficient (Wildman–Crippen LogP) is 2.89. The van der Waals surface area contributed by atoms with Gasteiger partial charge in [0.2, 0.25) is 5.91 Å². The number of hydrogen-bond acceptors (Lipinski definition) is 3. The number of amides is 2. The molecule has 1 fully saturated rings. The summed E-state index contributed by atoms with van der Waals surface area (Å²) in [4.78, 5) is 26.5. The molecular formula is C17H24ClN3O2. The molecule has 1 atom stereocenters. The quantitative estimate of drug-likeness (QED) is 0.887. The van der Waals surface area contributed by atoms with E-state index < -0.39 is 0 Å². The molecule has 0 aliphatic carbocycles. The molecule has 3 N–H and O–H groups in total. The minimum atomic E-state index is -0.131. The average Bonchev–Trinajstić information content (AvgIpc) is 2.55. The van der Waals surface area contributed by atoms with Crippen molar-refractivity contribution in [2.45, 2.75) is 39.2 Å². The van der Waals surface area contributed by atoms with Gasteiger partial charge < -0.3 is 16.0 Å². The maximum atomic E-state index is 12.8. The summed E-state index contributed by atoms with van der Waals surface area (Å²) in [6, 6.07) is 5.05. The summed E-state index contributed by atoms with van der Waals surface area (Å²) in [5.74, 6) is -0.345. The number of halogens is 1. The highest BCUT2D eigenvalue weighted by molar-refractivity contribution is 6.34. The molecule has 0 aromatic heterocycles. The Labute approximate surface area is 142 Å². The standard InChI is InChI=1S/C17H24ClN3O2/c1-11(2)16(22)20-12-6-7-15(18)14(9-12)17(23)21-8-4-3-5-13(21)10-19/h6-7,9,11,13H,3-5,8,10,19H2,1-2H3,(H,20,22). The Kier molecular flexibility index (Phi) is 6.02. The molecule has 1 aromatic rings. The number of carbonyl (C=O) groups is 2. The molecule has 1 unspecified atom stereocenters. The number of nitrogens with two attached hydrogens (primary N) is 1. The van der Waals surface area contributed by atoms with Gasteiger partial charge in [-0.25, -0.2) is 0 Å². The van der Waals surface area contributed by atoms with Crippen LogP contribution < -0.4 is 11.1 Å². The van der Waals surface area contributed by atoms with Gasteiger partial charge in [0, 0.05) is 30.7 Å². The molecule has 126 valence electrons. The van der Waals surface area contributed by atoms with Gasteiger partial charge in [-0.1, -0.05) is 25.4 Å². The summed E-state index contributed by atoms with van der Waals surface area (Å²) in [7, 11) is 0. The van der Waals surface area contributed by atoms with Crippen LogP contribution in [0.3, 0.4) is 0 Å². The van der Waals surface area contributed by atoms with Gasteiger partial charge in [-0.3, -0.25) is 9.59 Å². The normalized spacial score (nSPS) is 18.1. The van der Waals surface area contributed by atoms with Crippen LogP contribution in [0.4, 0.5) is 5.69 Å². The van der Waals surface area contributed by atoms with Crippen LogP contribution >= 0.6 is 11.6 Å². The highest BCUT2D eigenvalue weighted by Gasteiger charge is 2.27. The molecule has 1 aliphatic rings. The van der Waals surface area contributed by atoms with Crippen LogP contribution in [0.5, 0.6) is 0 Å². The lowest BCUT2D eigenvalue weighted by Crippen LogP contribution is -2.47. The van der Waals surface area contributed by atoms with Gasteiger partial charge in [0.1, 0.15) is 0 Å². The maximum Gasteiger partial charge on any atom is 0.255 e. The van der Waals surface area contributed by atoms with E-state index in [2.05, 4.69) is 5.32 Å². The second-order valence-electron chi connectivity index (χ2n) is 6.22. The molecule has 2 rings (SSSR count). The first-order chi connectivity index (χ1) is 10.9. The molecule has 0 spiro atoms. The second kappa shape index (κ2) is 7.79. The van der Waals surface area contributed by atoms with E-state index in [9.17, 15) is 9.59 Å². The molecule has 0 radical (unpaired) electrons. The first-order valence-corrected chi connectivity index (χ1v) is 8.43. The van der Waals surface area contributed by atoms with Crippen molar-refractivity contribution in [3.8, 4) is 0 Å². The van der Waals surface area contributed by atoms with E-state index in [4.69, 9.17) is 17.3 Å². The molecule has 1 heterocycles. The summed E-state index contributed by atoms with van der Waals surface area (Å²) in [5, 5.41) is 3.19. The Morgan fingerprint density at radius 1 is 1.39 bits per heavy atom. The van der Waals surface area contributed by atoms with Crippen LogP contribution in [0.2, 0.25) is 5.02 Å². The van der Waals surface area contributed by atoms with Gasteiger partial charge >= 0.3 is 0 Å². The number of carbonyl (C=O) groups excluding carboxylic acids is 2. The van der Waals surface area contributed by atoms with Gasteiger partial charge in [-0.15, -0.1) is 0 Å². The van der Waals surface area contributed by atoms with Crippen molar-refractivity contribution in [3.05, 3.63) is 28.8 Å². The fourth-order valence-electron chi connectivity index (χ4n) is 2.72. The number of nitrogens with zero attached hydrogens (tertiary/aromatic N) is 1. The van der Waals surface area contributed by atoms with E-state index in [1.54, 1.807) is 23.1 Å². The number of nitrogens with one attached hydrogen (secondary N) is 1. The topological polar surface area (TPSA) is 75.4 Å². The summed E-state index contributed by atoms with van der Waals surface area (Å²) >= 11 is 6.21. The number of hydrogen-bond donors (Lipinski definition) is 2. The minimum absolute atomic E-state index is 0.0567. The third-order valence-corrected chi connectivity index (χ3v) is 4.48. The zero-order valence-electron chi connectivity index (χ0n) is 13.6. The van der Waals surface area contributed by atoms with Crippen LogP contribution in [0.1, 0.15) is 43.5 Å². The molecular weight excluding hydrogens is 314 g/mol. The maximum absolute atomic E-state index is 12.8. The third-order valence-electron chi connectivity index (χ3n) is 4.15. The smallest absolute Gasteiger partial charge is 0.255 e. The molecule has 0 bridgehead atoms. The first kappa shape index (κ1) is 17.8. The largest absolute Gasteiger partial charge is 0.334 e. The summed E-state index contributed by atoms with van der Waals surface area (Å²) in [6.07, 6.45) is 2.98. The Morgan fingerprint density at radius 3 is 2.78 bits per heavy atom. The number of rotatable bonds is 4. The van der Waals surface area contributed by atoms with E-state index in [0.717, 1.165) is 19.3 Å². The lowest BCUT2D eigenvalue weighted by atomic mass is 10.0. The van der Waals surface area contributed by atoms with Gasteiger partial charge in [-0.05, 0) is 37.5 Å². The SMILES string of the molecule is CC(C)C(=O)Nc1ccc(Cl)c(C(=O)N2CCCCC2CN)c1. The van der Waals surface area contributed by atoms with Crippen molar-refractivity contribution >= 4 is 29.1 Å². The van der Waals surface area contributed by atoms with Gasteiger partial charge in [0.05, 0.1) is 10.6 Å². The molecule has 1 aliphatic heterocycles. The molecule has 1 saturated heterocycles. The Morgan fingerprint density at radius 2 is 2.13 bits per heavy atom. The lowest BCUT2D eigenvalue weighted by molar-refractivity contribution is -0.118. The van der Waals surface area contributed by atoms with Crippen molar-refractivity contribution in [2.75, 3.05) is 18.4 Å². The van der Waals surface area contributed by atoms with E-state index in [1.165, 1.54) is 0 Å². The number of piperidine rings is 1. The van der Waals surface area contributed by atoms with Crippen molar-refractivity contribution in [2.24, 2.45) is 11.7 Å². The minimum Gasteiger partial charge on any atom is -0.334 e. The van der Waals surface area contributed by atoms with Crippen LogP contribution in [0.25, 0.3) is 0 Å². The van der Waals surface area contributed by atoms with Gasteiger partial charge in [0.25, 0.3) is 5.91 Å². The van der Waals surface area contributed by atoms with E-state index >= 15 is 0 Å². The van der Waals surface area contributed by atoms with Crippen molar-refractivity contribution in [1.82, 2.24) is 4.90 Å². The Hall–Kier alpha value is -1.59.